The van der Waals surface area contributed by atoms with Crippen molar-refractivity contribution in [1.29, 1.82) is 0 Å². The predicted molar refractivity (Wildman–Crippen MR) is 118 cm³/mol. The number of aromatic hydroxyl groups is 1. The van der Waals surface area contributed by atoms with E-state index < -0.39 is 17.4 Å². The number of alkyl halides is 3. The Hall–Kier alpha value is -2.10. The summed E-state index contributed by atoms with van der Waals surface area (Å²) in [6, 6.07) is 3.37. The van der Waals surface area contributed by atoms with Crippen LogP contribution in [-0.2, 0) is 17.5 Å². The molecule has 1 aromatic heterocycles. The summed E-state index contributed by atoms with van der Waals surface area (Å²) < 4.78 is 51.1. The fourth-order valence-corrected chi connectivity index (χ4v) is 5.46. The lowest BCUT2D eigenvalue weighted by molar-refractivity contribution is -0.136. The molecule has 2 fully saturated rings. The lowest BCUT2D eigenvalue weighted by Gasteiger charge is -2.45. The summed E-state index contributed by atoms with van der Waals surface area (Å²) >= 11 is 0. The van der Waals surface area contributed by atoms with E-state index in [4.69, 9.17) is 9.15 Å². The van der Waals surface area contributed by atoms with Crippen LogP contribution in [0.4, 0.5) is 13.2 Å². The highest BCUT2D eigenvalue weighted by Crippen LogP contribution is 2.38. The molecule has 2 aromatic rings. The minimum atomic E-state index is -4.70. The van der Waals surface area contributed by atoms with E-state index in [-0.39, 0.29) is 28.8 Å². The van der Waals surface area contributed by atoms with Gasteiger partial charge in [0.15, 0.2) is 0 Å². The maximum Gasteiger partial charge on any atom is 0.417 e. The first-order valence-corrected chi connectivity index (χ1v) is 11.6. The number of rotatable bonds is 7. The van der Waals surface area contributed by atoms with Gasteiger partial charge in [0, 0.05) is 44.2 Å². The number of halogens is 3. The molecule has 2 aliphatic heterocycles. The van der Waals surface area contributed by atoms with Crippen molar-refractivity contribution in [2.45, 2.75) is 50.9 Å². The van der Waals surface area contributed by atoms with Crippen LogP contribution in [0.5, 0.6) is 5.75 Å². The maximum absolute atomic E-state index is 13.6. The van der Waals surface area contributed by atoms with Crippen molar-refractivity contribution < 1.29 is 27.4 Å². The van der Waals surface area contributed by atoms with Gasteiger partial charge in [0.05, 0.1) is 17.7 Å². The van der Waals surface area contributed by atoms with E-state index in [1.54, 1.807) is 7.11 Å². The topological polar surface area (TPSA) is 66.2 Å². The van der Waals surface area contributed by atoms with Gasteiger partial charge in [-0.25, -0.2) is 4.79 Å². The van der Waals surface area contributed by atoms with Gasteiger partial charge in [0.2, 0.25) is 0 Å². The van der Waals surface area contributed by atoms with E-state index in [1.165, 1.54) is 18.9 Å². The second kappa shape index (κ2) is 10.0. The van der Waals surface area contributed by atoms with Crippen molar-refractivity contribution in [2.75, 3.05) is 39.9 Å². The number of ether oxygens (including phenoxy) is 1. The number of phenolic OH excluding ortho intramolecular Hbond substituents is 1. The van der Waals surface area contributed by atoms with Gasteiger partial charge in [-0.05, 0) is 56.8 Å². The van der Waals surface area contributed by atoms with Crippen molar-refractivity contribution >= 4 is 11.0 Å². The zero-order chi connectivity index (χ0) is 23.6. The van der Waals surface area contributed by atoms with E-state index in [0.717, 1.165) is 45.0 Å². The van der Waals surface area contributed by atoms with E-state index in [2.05, 4.69) is 9.80 Å². The minimum Gasteiger partial charge on any atom is -0.507 e. The Labute approximate surface area is 190 Å². The monoisotopic (exact) mass is 468 g/mol. The molecule has 0 amide bonds. The highest BCUT2D eigenvalue weighted by Gasteiger charge is 2.36. The summed E-state index contributed by atoms with van der Waals surface area (Å²) in [5.41, 5.74) is -2.15. The van der Waals surface area contributed by atoms with Crippen LogP contribution in [0.25, 0.3) is 11.0 Å². The number of fused-ring (bicyclic) bond motifs is 2. The first-order valence-electron chi connectivity index (χ1n) is 11.6. The van der Waals surface area contributed by atoms with E-state index in [9.17, 15) is 23.1 Å². The Bertz CT molecular complexity index is 1020. The van der Waals surface area contributed by atoms with Gasteiger partial charge < -0.3 is 19.2 Å². The van der Waals surface area contributed by atoms with E-state index in [1.807, 2.05) is 0 Å². The molecule has 3 heterocycles. The van der Waals surface area contributed by atoms with Crippen LogP contribution in [0.15, 0.2) is 27.4 Å². The molecule has 1 aromatic carbocycles. The summed E-state index contributed by atoms with van der Waals surface area (Å²) in [6.45, 7) is 4.15. The molecule has 0 aliphatic carbocycles. The van der Waals surface area contributed by atoms with Gasteiger partial charge in [-0.2, -0.15) is 13.2 Å². The van der Waals surface area contributed by atoms with Crippen molar-refractivity contribution in [3.8, 4) is 5.75 Å². The normalized spacial score (nSPS) is 22.1. The van der Waals surface area contributed by atoms with Gasteiger partial charge in [0.1, 0.15) is 11.3 Å². The molecule has 0 radical (unpaired) electrons. The molecule has 2 aliphatic rings. The number of hydrogen-bond donors (Lipinski definition) is 1. The zero-order valence-corrected chi connectivity index (χ0v) is 18.9. The number of phenols is 1. The second-order valence-corrected chi connectivity index (χ2v) is 9.15. The third kappa shape index (κ3) is 5.36. The van der Waals surface area contributed by atoms with E-state index >= 15 is 0 Å². The van der Waals surface area contributed by atoms with Gasteiger partial charge in [-0.1, -0.05) is 6.42 Å². The van der Waals surface area contributed by atoms with Crippen LogP contribution in [0, 0.1) is 5.92 Å². The molecule has 2 unspecified atom stereocenters. The average molecular weight is 469 g/mol. The summed E-state index contributed by atoms with van der Waals surface area (Å²) in [6.07, 6.45) is 1.12. The lowest BCUT2D eigenvalue weighted by atomic mass is 9.83. The molecular formula is C24H31F3N2O4. The van der Waals surface area contributed by atoms with Crippen LogP contribution >= 0.6 is 0 Å². The van der Waals surface area contributed by atoms with Crippen LogP contribution < -0.4 is 5.63 Å². The van der Waals surface area contributed by atoms with Gasteiger partial charge in [-0.15, -0.1) is 0 Å². The highest BCUT2D eigenvalue weighted by molar-refractivity contribution is 5.85. The zero-order valence-electron chi connectivity index (χ0n) is 18.9. The number of hydrogen-bond acceptors (Lipinski definition) is 6. The van der Waals surface area contributed by atoms with Crippen molar-refractivity contribution in [1.82, 2.24) is 9.80 Å². The molecule has 6 nitrogen and oxygen atoms in total. The first-order chi connectivity index (χ1) is 15.8. The summed E-state index contributed by atoms with van der Waals surface area (Å²) in [7, 11) is 1.60. The molecule has 9 heteroatoms. The Kier molecular flexibility index (Phi) is 7.31. The number of piperidine rings is 2. The van der Waals surface area contributed by atoms with Crippen molar-refractivity contribution in [2.24, 2.45) is 5.92 Å². The van der Waals surface area contributed by atoms with Crippen LogP contribution in [0.1, 0.15) is 43.2 Å². The van der Waals surface area contributed by atoms with Gasteiger partial charge in [0.25, 0.3) is 0 Å². The van der Waals surface area contributed by atoms with Crippen LogP contribution in [0.2, 0.25) is 0 Å². The van der Waals surface area contributed by atoms with E-state index in [0.29, 0.717) is 31.2 Å². The Morgan fingerprint density at radius 2 is 2.00 bits per heavy atom. The third-order valence-corrected chi connectivity index (χ3v) is 7.01. The summed E-state index contributed by atoms with van der Waals surface area (Å²) in [4.78, 5) is 16.6. The van der Waals surface area contributed by atoms with Crippen LogP contribution in [-0.4, -0.2) is 60.8 Å². The standard InChI is InChI=1S/C24H31F3N2O4/c1-32-12-11-28(14-16-5-4-10-29-9-3-2-6-20(16)29)15-18-21(30)8-7-17-19(24(25,26)27)13-22(31)33-23(17)18/h7-8,13,16,20,30H,2-6,9-12,14-15H2,1H3. The Balaban J connectivity index is 1.66. The number of nitrogens with zero attached hydrogens (tertiary/aromatic N) is 2. The predicted octanol–water partition coefficient (Wildman–Crippen LogP) is 4.23. The molecule has 2 atom stereocenters. The number of methoxy groups -OCH3 is 1. The summed E-state index contributed by atoms with van der Waals surface area (Å²) in [5, 5.41) is 10.3. The third-order valence-electron chi connectivity index (χ3n) is 7.01. The minimum absolute atomic E-state index is 0.167. The average Bonchev–Trinajstić information content (AvgIpc) is 2.78. The molecule has 0 bridgehead atoms. The molecule has 182 valence electrons. The smallest absolute Gasteiger partial charge is 0.417 e. The fourth-order valence-electron chi connectivity index (χ4n) is 5.46. The van der Waals surface area contributed by atoms with Gasteiger partial charge in [-0.3, -0.25) is 4.90 Å². The molecular weight excluding hydrogens is 437 g/mol. The first kappa shape index (κ1) is 24.0. The Morgan fingerprint density at radius 1 is 1.21 bits per heavy atom. The molecule has 0 saturated carbocycles. The molecule has 4 rings (SSSR count). The van der Waals surface area contributed by atoms with Crippen LogP contribution in [0.3, 0.4) is 0 Å². The lowest BCUT2D eigenvalue weighted by Crippen LogP contribution is -2.51. The van der Waals surface area contributed by atoms with Crippen molar-refractivity contribution in [3.63, 3.8) is 0 Å². The summed E-state index contributed by atoms with van der Waals surface area (Å²) in [5.74, 6) is 0.251. The molecule has 2 saturated heterocycles. The highest BCUT2D eigenvalue weighted by atomic mass is 19.4. The molecule has 33 heavy (non-hydrogen) atoms. The molecule has 0 spiro atoms. The maximum atomic E-state index is 13.6. The SMILES string of the molecule is COCCN(Cc1c(O)ccc2c(C(F)(F)F)cc(=O)oc12)CC1CCCN2CCCCC12. The van der Waals surface area contributed by atoms with Crippen molar-refractivity contribution in [3.05, 3.63) is 39.7 Å². The fraction of sp³-hybridized carbons (Fsp3) is 0.625. The molecule has 1 N–H and O–H groups in total. The van der Waals surface area contributed by atoms with Gasteiger partial charge >= 0.3 is 11.8 Å². The number of benzene rings is 1. The Morgan fingerprint density at radius 3 is 2.76 bits per heavy atom. The second-order valence-electron chi connectivity index (χ2n) is 9.15. The largest absolute Gasteiger partial charge is 0.507 e. The quantitative estimate of drug-likeness (QED) is 0.614.